The van der Waals surface area contributed by atoms with Crippen molar-refractivity contribution in [1.82, 2.24) is 29.7 Å². The summed E-state index contributed by atoms with van der Waals surface area (Å²) in [5.41, 5.74) is 2.01. The predicted octanol–water partition coefficient (Wildman–Crippen LogP) is 0.829. The Bertz CT molecular complexity index is 1040. The van der Waals surface area contributed by atoms with Crippen molar-refractivity contribution in [1.29, 1.82) is 0 Å². The quantitative estimate of drug-likeness (QED) is 0.521. The number of carbonyl (C=O) groups excluding carboxylic acids is 1. The second kappa shape index (κ2) is 5.09. The first kappa shape index (κ1) is 13.3. The van der Waals surface area contributed by atoms with Crippen molar-refractivity contribution < 1.29 is 4.79 Å². The van der Waals surface area contributed by atoms with E-state index in [2.05, 4.69) is 25.3 Å². The average molecular weight is 308 g/mol. The Hall–Kier alpha value is -3.42. The molecule has 23 heavy (non-hydrogen) atoms. The number of hydrogen-bond acceptors (Lipinski definition) is 4. The van der Waals surface area contributed by atoms with Gasteiger partial charge in [0.25, 0.3) is 5.91 Å². The topological polar surface area (TPSA) is 108 Å². The molecule has 4 heterocycles. The molecule has 0 aliphatic carbocycles. The highest BCUT2D eigenvalue weighted by molar-refractivity contribution is 5.93. The van der Waals surface area contributed by atoms with Gasteiger partial charge in [0.1, 0.15) is 11.3 Å². The summed E-state index contributed by atoms with van der Waals surface area (Å²) in [4.78, 5) is 37.8. The third-order valence-electron chi connectivity index (χ3n) is 3.56. The molecule has 8 heteroatoms. The molecule has 1 amide bonds. The van der Waals surface area contributed by atoms with Crippen molar-refractivity contribution in [2.45, 2.75) is 6.54 Å². The molecule has 114 valence electrons. The molecule has 4 rings (SSSR count). The van der Waals surface area contributed by atoms with Crippen molar-refractivity contribution >= 4 is 22.5 Å². The van der Waals surface area contributed by atoms with Crippen LogP contribution >= 0.6 is 0 Å². The van der Waals surface area contributed by atoms with E-state index in [1.165, 1.54) is 22.9 Å². The van der Waals surface area contributed by atoms with Crippen molar-refractivity contribution in [2.24, 2.45) is 0 Å². The number of nitrogens with one attached hydrogen (secondary N) is 3. The molecule has 0 saturated carbocycles. The minimum absolute atomic E-state index is 0.173. The van der Waals surface area contributed by atoms with Crippen LogP contribution in [0.1, 0.15) is 16.2 Å². The smallest absolute Gasteiger partial charge is 0.331 e. The molecule has 0 spiro atoms. The first-order valence-corrected chi connectivity index (χ1v) is 6.97. The molecule has 4 aromatic heterocycles. The van der Waals surface area contributed by atoms with E-state index in [0.29, 0.717) is 12.2 Å². The molecule has 0 fully saturated rings. The summed E-state index contributed by atoms with van der Waals surface area (Å²) >= 11 is 0. The number of carbonyl (C=O) groups is 1. The molecule has 0 bridgehead atoms. The van der Waals surface area contributed by atoms with Crippen molar-refractivity contribution in [2.75, 3.05) is 0 Å². The van der Waals surface area contributed by atoms with Crippen LogP contribution in [0.4, 0.5) is 0 Å². The van der Waals surface area contributed by atoms with Gasteiger partial charge in [-0.2, -0.15) is 0 Å². The maximum atomic E-state index is 12.2. The SMILES string of the molecule is O=C(NCc1cc2cnccc2[nH]1)c1cc2nccn2c(=O)[nH]1. The number of aromatic amines is 2. The van der Waals surface area contributed by atoms with Gasteiger partial charge in [0.2, 0.25) is 0 Å². The van der Waals surface area contributed by atoms with Gasteiger partial charge < -0.3 is 15.3 Å². The van der Waals surface area contributed by atoms with Gasteiger partial charge in [0.15, 0.2) is 0 Å². The number of fused-ring (bicyclic) bond motifs is 2. The molecule has 0 aliphatic heterocycles. The van der Waals surface area contributed by atoms with Gasteiger partial charge in [-0.3, -0.25) is 14.2 Å². The molecule has 0 aliphatic rings. The highest BCUT2D eigenvalue weighted by atomic mass is 16.2. The summed E-state index contributed by atoms with van der Waals surface area (Å²) < 4.78 is 1.33. The van der Waals surface area contributed by atoms with E-state index >= 15 is 0 Å². The van der Waals surface area contributed by atoms with Crippen LogP contribution in [0.2, 0.25) is 0 Å². The zero-order chi connectivity index (χ0) is 15.8. The summed E-state index contributed by atoms with van der Waals surface area (Å²) in [5.74, 6) is -0.371. The van der Waals surface area contributed by atoms with E-state index in [4.69, 9.17) is 0 Å². The number of pyridine rings is 1. The van der Waals surface area contributed by atoms with Crippen LogP contribution in [0, 0.1) is 0 Å². The summed E-state index contributed by atoms with van der Waals surface area (Å²) in [6.07, 6.45) is 6.49. The second-order valence-electron chi connectivity index (χ2n) is 5.08. The van der Waals surface area contributed by atoms with Gasteiger partial charge in [-0.05, 0) is 12.1 Å². The Morgan fingerprint density at radius 1 is 1.26 bits per heavy atom. The number of imidazole rings is 1. The van der Waals surface area contributed by atoms with E-state index < -0.39 is 5.69 Å². The van der Waals surface area contributed by atoms with Gasteiger partial charge in [0, 0.05) is 47.5 Å². The minimum atomic E-state index is -0.401. The van der Waals surface area contributed by atoms with Crippen molar-refractivity contribution in [3.05, 3.63) is 64.9 Å². The van der Waals surface area contributed by atoms with E-state index in [-0.39, 0.29) is 11.6 Å². The van der Waals surface area contributed by atoms with Crippen LogP contribution in [-0.4, -0.2) is 30.2 Å². The second-order valence-corrected chi connectivity index (χ2v) is 5.08. The van der Waals surface area contributed by atoms with Gasteiger partial charge in [-0.15, -0.1) is 0 Å². The average Bonchev–Trinajstić information content (AvgIpc) is 3.18. The summed E-state index contributed by atoms with van der Waals surface area (Å²) in [6, 6.07) is 5.32. The van der Waals surface area contributed by atoms with Gasteiger partial charge in [0.05, 0.1) is 6.54 Å². The number of nitrogens with zero attached hydrogens (tertiary/aromatic N) is 3. The summed E-state index contributed by atoms with van der Waals surface area (Å²) in [6.45, 7) is 0.315. The normalized spacial score (nSPS) is 11.1. The highest BCUT2D eigenvalue weighted by Gasteiger charge is 2.10. The number of hydrogen-bond donors (Lipinski definition) is 3. The van der Waals surface area contributed by atoms with Crippen molar-refractivity contribution in [3.8, 4) is 0 Å². The number of aromatic nitrogens is 5. The Kier molecular flexibility index (Phi) is 2.94. The Morgan fingerprint density at radius 2 is 2.17 bits per heavy atom. The molecule has 8 nitrogen and oxygen atoms in total. The van der Waals surface area contributed by atoms with Crippen LogP contribution in [-0.2, 0) is 6.54 Å². The molecular formula is C15H12N6O2. The van der Waals surface area contributed by atoms with Gasteiger partial charge >= 0.3 is 5.69 Å². The maximum absolute atomic E-state index is 12.2. The first-order chi connectivity index (χ1) is 11.2. The highest BCUT2D eigenvalue weighted by Crippen LogP contribution is 2.13. The zero-order valence-electron chi connectivity index (χ0n) is 11.9. The van der Waals surface area contributed by atoms with Gasteiger partial charge in [-0.25, -0.2) is 9.78 Å². The van der Waals surface area contributed by atoms with Crippen LogP contribution in [0.15, 0.2) is 47.8 Å². The number of H-pyrrole nitrogens is 2. The lowest BCUT2D eigenvalue weighted by atomic mass is 10.3. The molecule has 4 aromatic rings. The fourth-order valence-corrected chi connectivity index (χ4v) is 2.45. The van der Waals surface area contributed by atoms with E-state index in [9.17, 15) is 9.59 Å². The lowest BCUT2D eigenvalue weighted by Gasteiger charge is -2.04. The standard InChI is InChI=1S/C15H12N6O2/c22-14(12-6-13-17-3-4-21(13)15(23)20-12)18-8-10-5-9-7-16-2-1-11(9)19-10/h1-7,19H,8H2,(H,18,22)(H,20,23). The molecular weight excluding hydrogens is 296 g/mol. The zero-order valence-corrected chi connectivity index (χ0v) is 11.9. The molecule has 0 radical (unpaired) electrons. The lowest BCUT2D eigenvalue weighted by Crippen LogP contribution is -2.28. The summed E-state index contributed by atoms with van der Waals surface area (Å²) in [5, 5.41) is 3.74. The molecule has 3 N–H and O–H groups in total. The van der Waals surface area contributed by atoms with Crippen LogP contribution in [0.25, 0.3) is 16.6 Å². The third kappa shape index (κ3) is 2.35. The largest absolute Gasteiger partial charge is 0.357 e. The van der Waals surface area contributed by atoms with Crippen LogP contribution < -0.4 is 11.0 Å². The Morgan fingerprint density at radius 3 is 3.04 bits per heavy atom. The molecule has 0 atom stereocenters. The van der Waals surface area contributed by atoms with Crippen LogP contribution in [0.3, 0.4) is 0 Å². The Labute approximate surface area is 129 Å². The first-order valence-electron chi connectivity index (χ1n) is 6.97. The molecule has 0 aromatic carbocycles. The lowest BCUT2D eigenvalue weighted by molar-refractivity contribution is 0.0945. The minimum Gasteiger partial charge on any atom is -0.357 e. The maximum Gasteiger partial charge on any atom is 0.331 e. The summed E-state index contributed by atoms with van der Waals surface area (Å²) in [7, 11) is 0. The number of rotatable bonds is 3. The van der Waals surface area contributed by atoms with E-state index in [1.54, 1.807) is 12.4 Å². The molecule has 0 unspecified atom stereocenters. The molecule has 0 saturated heterocycles. The number of amides is 1. The van der Waals surface area contributed by atoms with Crippen molar-refractivity contribution in [3.63, 3.8) is 0 Å². The van der Waals surface area contributed by atoms with Gasteiger partial charge in [-0.1, -0.05) is 0 Å². The van der Waals surface area contributed by atoms with Crippen LogP contribution in [0.5, 0.6) is 0 Å². The van der Waals surface area contributed by atoms with E-state index in [1.807, 2.05) is 12.1 Å². The predicted molar refractivity (Wildman–Crippen MR) is 83.1 cm³/mol. The fraction of sp³-hybridized carbons (Fsp3) is 0.0667. The Balaban J connectivity index is 1.55. The monoisotopic (exact) mass is 308 g/mol. The third-order valence-corrected chi connectivity index (χ3v) is 3.56. The fourth-order valence-electron chi connectivity index (χ4n) is 2.45. The van der Waals surface area contributed by atoms with E-state index in [0.717, 1.165) is 16.6 Å².